The number of carbonyl (C=O) groups is 4. The van der Waals surface area contributed by atoms with Gasteiger partial charge in [0, 0.05) is 25.3 Å². The summed E-state index contributed by atoms with van der Waals surface area (Å²) < 4.78 is 4.55. The highest BCUT2D eigenvalue weighted by Gasteiger charge is 2.35. The number of methoxy groups -OCH3 is 1. The van der Waals surface area contributed by atoms with Crippen molar-refractivity contribution < 1.29 is 29.1 Å². The average Bonchev–Trinajstić information content (AvgIpc) is 2.60. The van der Waals surface area contributed by atoms with Crippen molar-refractivity contribution in [3.63, 3.8) is 0 Å². The predicted octanol–water partition coefficient (Wildman–Crippen LogP) is 1.14. The number of ether oxygens (including phenoxy) is 1. The molecule has 0 rings (SSSR count). The predicted molar refractivity (Wildman–Crippen MR) is 103 cm³/mol. The number of esters is 1. The van der Waals surface area contributed by atoms with E-state index in [9.17, 15) is 19.2 Å². The maximum atomic E-state index is 12.7. The molecular weight excluding hydrogens is 366 g/mol. The lowest BCUT2D eigenvalue weighted by Crippen LogP contribution is -2.55. The third-order valence-electron chi connectivity index (χ3n) is 4.18. The van der Waals surface area contributed by atoms with Crippen LogP contribution in [0.4, 0.5) is 0 Å². The molecule has 2 atom stereocenters. The molecule has 0 radical (unpaired) electrons. The van der Waals surface area contributed by atoms with Crippen LogP contribution in [-0.4, -0.2) is 48.6 Å². The van der Waals surface area contributed by atoms with Gasteiger partial charge in [0.1, 0.15) is 6.04 Å². The minimum absolute atomic E-state index is 0.155. The van der Waals surface area contributed by atoms with Crippen LogP contribution in [0, 0.1) is 17.3 Å². The van der Waals surface area contributed by atoms with Crippen LogP contribution in [0.15, 0.2) is 0 Å². The van der Waals surface area contributed by atoms with E-state index in [-0.39, 0.29) is 37.2 Å². The molecule has 0 saturated heterocycles. The van der Waals surface area contributed by atoms with Crippen LogP contribution in [-0.2, 0) is 23.9 Å². The monoisotopic (exact) mass is 401 g/mol. The van der Waals surface area contributed by atoms with E-state index in [1.807, 2.05) is 34.6 Å². The van der Waals surface area contributed by atoms with Crippen LogP contribution in [0.25, 0.3) is 0 Å². The SMILES string of the molecule is COC(=O)CCCNC(=O)[C@@H](NC(=O)[C@@H](CC(=O)NO)CC(C)C)C(C)(C)C. The second kappa shape index (κ2) is 12.3. The Labute approximate surface area is 166 Å². The molecule has 0 aliphatic heterocycles. The van der Waals surface area contributed by atoms with Gasteiger partial charge in [-0.1, -0.05) is 34.6 Å². The molecule has 0 aromatic heterocycles. The van der Waals surface area contributed by atoms with Crippen molar-refractivity contribution in [1.82, 2.24) is 16.1 Å². The Balaban J connectivity index is 5.03. The van der Waals surface area contributed by atoms with Gasteiger partial charge in [0.2, 0.25) is 17.7 Å². The molecule has 0 fully saturated rings. The van der Waals surface area contributed by atoms with Crippen molar-refractivity contribution in [1.29, 1.82) is 0 Å². The molecule has 0 aliphatic carbocycles. The summed E-state index contributed by atoms with van der Waals surface area (Å²) in [5, 5.41) is 14.2. The zero-order chi connectivity index (χ0) is 21.9. The lowest BCUT2D eigenvalue weighted by Gasteiger charge is -2.32. The summed E-state index contributed by atoms with van der Waals surface area (Å²) in [7, 11) is 1.30. The van der Waals surface area contributed by atoms with Crippen molar-refractivity contribution >= 4 is 23.7 Å². The maximum Gasteiger partial charge on any atom is 0.305 e. The molecular formula is C19H35N3O6. The van der Waals surface area contributed by atoms with Crippen LogP contribution < -0.4 is 16.1 Å². The first-order chi connectivity index (χ1) is 12.9. The lowest BCUT2D eigenvalue weighted by molar-refractivity contribution is -0.141. The van der Waals surface area contributed by atoms with Crippen molar-refractivity contribution in [2.45, 2.75) is 66.3 Å². The molecule has 0 aliphatic rings. The van der Waals surface area contributed by atoms with Gasteiger partial charge in [-0.3, -0.25) is 24.4 Å². The van der Waals surface area contributed by atoms with Crippen molar-refractivity contribution in [3.05, 3.63) is 0 Å². The van der Waals surface area contributed by atoms with Gasteiger partial charge in [0.15, 0.2) is 0 Å². The zero-order valence-electron chi connectivity index (χ0n) is 17.8. The highest BCUT2D eigenvalue weighted by molar-refractivity contribution is 5.91. The topological polar surface area (TPSA) is 134 Å². The molecule has 3 amide bonds. The van der Waals surface area contributed by atoms with Crippen LogP contribution in [0.1, 0.15) is 60.3 Å². The summed E-state index contributed by atoms with van der Waals surface area (Å²) in [6.07, 6.45) is 0.890. The van der Waals surface area contributed by atoms with Gasteiger partial charge in [0.05, 0.1) is 7.11 Å². The molecule has 0 heterocycles. The van der Waals surface area contributed by atoms with Gasteiger partial charge in [0.25, 0.3) is 0 Å². The molecule has 9 nitrogen and oxygen atoms in total. The average molecular weight is 402 g/mol. The summed E-state index contributed by atoms with van der Waals surface area (Å²) >= 11 is 0. The van der Waals surface area contributed by atoms with Crippen LogP contribution in [0.5, 0.6) is 0 Å². The van der Waals surface area contributed by atoms with E-state index in [0.717, 1.165) is 0 Å². The van der Waals surface area contributed by atoms with Crippen molar-refractivity contribution in [2.75, 3.05) is 13.7 Å². The molecule has 0 aromatic rings. The van der Waals surface area contributed by atoms with E-state index in [0.29, 0.717) is 12.8 Å². The molecule has 4 N–H and O–H groups in total. The quantitative estimate of drug-likeness (QED) is 0.178. The Morgan fingerprint density at radius 2 is 1.68 bits per heavy atom. The second-order valence-electron chi connectivity index (χ2n) is 8.34. The van der Waals surface area contributed by atoms with E-state index in [1.165, 1.54) is 7.11 Å². The van der Waals surface area contributed by atoms with Gasteiger partial charge in [-0.25, -0.2) is 5.48 Å². The Morgan fingerprint density at radius 3 is 2.14 bits per heavy atom. The molecule has 162 valence electrons. The first-order valence-corrected chi connectivity index (χ1v) is 9.50. The minimum Gasteiger partial charge on any atom is -0.469 e. The Morgan fingerprint density at radius 1 is 1.07 bits per heavy atom. The molecule has 0 bridgehead atoms. The summed E-state index contributed by atoms with van der Waals surface area (Å²) in [4.78, 5) is 48.0. The van der Waals surface area contributed by atoms with Gasteiger partial charge >= 0.3 is 5.97 Å². The lowest BCUT2D eigenvalue weighted by atomic mass is 9.85. The fraction of sp³-hybridized carbons (Fsp3) is 0.789. The fourth-order valence-corrected chi connectivity index (χ4v) is 2.71. The highest BCUT2D eigenvalue weighted by Crippen LogP contribution is 2.22. The fourth-order valence-electron chi connectivity index (χ4n) is 2.71. The normalized spacial score (nSPS) is 13.4. The van der Waals surface area contributed by atoms with E-state index in [1.54, 1.807) is 5.48 Å². The van der Waals surface area contributed by atoms with Gasteiger partial charge in [-0.15, -0.1) is 0 Å². The molecule has 9 heteroatoms. The number of hydroxylamine groups is 1. The van der Waals surface area contributed by atoms with E-state index < -0.39 is 29.2 Å². The Kier molecular flexibility index (Phi) is 11.4. The summed E-state index contributed by atoms with van der Waals surface area (Å²) in [5.74, 6) is -2.29. The van der Waals surface area contributed by atoms with E-state index in [2.05, 4.69) is 15.4 Å². The van der Waals surface area contributed by atoms with Crippen molar-refractivity contribution in [2.24, 2.45) is 17.3 Å². The molecule has 28 heavy (non-hydrogen) atoms. The Bertz CT molecular complexity index is 542. The van der Waals surface area contributed by atoms with Gasteiger partial charge in [-0.2, -0.15) is 0 Å². The highest BCUT2D eigenvalue weighted by atomic mass is 16.5. The number of hydrogen-bond donors (Lipinski definition) is 4. The largest absolute Gasteiger partial charge is 0.469 e. The molecule has 0 saturated carbocycles. The summed E-state index contributed by atoms with van der Waals surface area (Å²) in [6, 6.07) is -0.815. The van der Waals surface area contributed by atoms with Crippen molar-refractivity contribution in [3.8, 4) is 0 Å². The van der Waals surface area contributed by atoms with Crippen LogP contribution in [0.2, 0.25) is 0 Å². The third kappa shape index (κ3) is 10.2. The first-order valence-electron chi connectivity index (χ1n) is 9.50. The Hall–Kier alpha value is -2.16. The summed E-state index contributed by atoms with van der Waals surface area (Å²) in [5.41, 5.74) is 0.976. The number of amides is 3. The number of hydrogen-bond acceptors (Lipinski definition) is 6. The maximum absolute atomic E-state index is 12.7. The minimum atomic E-state index is -0.815. The number of nitrogens with one attached hydrogen (secondary N) is 3. The molecule has 0 unspecified atom stereocenters. The third-order valence-corrected chi connectivity index (χ3v) is 4.18. The number of carbonyl (C=O) groups excluding carboxylic acids is 4. The molecule has 0 aromatic carbocycles. The standard InChI is InChI=1S/C19H35N3O6/c1-12(2)10-13(11-14(23)22-27)17(25)21-16(19(3,4)5)18(26)20-9-7-8-15(24)28-6/h12-13,16,27H,7-11H2,1-6H3,(H,20,26)(H,21,25)(H,22,23)/t13-,16-/m1/s1. The second-order valence-corrected chi connectivity index (χ2v) is 8.34. The van der Waals surface area contributed by atoms with Gasteiger partial charge in [-0.05, 0) is 24.2 Å². The van der Waals surface area contributed by atoms with Crippen LogP contribution >= 0.6 is 0 Å². The van der Waals surface area contributed by atoms with Crippen LogP contribution in [0.3, 0.4) is 0 Å². The molecule has 0 spiro atoms. The number of rotatable bonds is 11. The summed E-state index contributed by atoms with van der Waals surface area (Å²) in [6.45, 7) is 9.59. The smallest absolute Gasteiger partial charge is 0.305 e. The first kappa shape index (κ1) is 25.8. The van der Waals surface area contributed by atoms with Gasteiger partial charge < -0.3 is 15.4 Å². The van der Waals surface area contributed by atoms with E-state index >= 15 is 0 Å². The van der Waals surface area contributed by atoms with E-state index in [4.69, 9.17) is 5.21 Å². The zero-order valence-corrected chi connectivity index (χ0v) is 17.8.